The van der Waals surface area contributed by atoms with Gasteiger partial charge >= 0.3 is 5.97 Å². The van der Waals surface area contributed by atoms with E-state index in [9.17, 15) is 19.8 Å². The molecule has 6 heteroatoms. The maximum Gasteiger partial charge on any atom is 0.305 e. The molecule has 0 aromatic rings. The number of unbranched alkanes of at least 4 members (excludes halogenated alkanes) is 62. The van der Waals surface area contributed by atoms with E-state index in [0.29, 0.717) is 19.4 Å². The largest absolute Gasteiger partial charge is 0.466 e. The number of esters is 1. The van der Waals surface area contributed by atoms with Crippen LogP contribution in [-0.4, -0.2) is 47.4 Å². The van der Waals surface area contributed by atoms with Crippen LogP contribution in [0.4, 0.5) is 0 Å². The van der Waals surface area contributed by atoms with Crippen molar-refractivity contribution in [3.8, 4) is 0 Å². The summed E-state index contributed by atoms with van der Waals surface area (Å²) in [7, 11) is 0. The molecule has 0 aliphatic heterocycles. The van der Waals surface area contributed by atoms with Crippen LogP contribution in [0.25, 0.3) is 0 Å². The SMILES string of the molecule is CCCCCCCCC/C=C\CCCCCCCCCC(=O)OCCCCCCCCCCCCCCCCCCCCCCCCCCCCCCCCCC(=O)NC(CO)C(O)/C=C/CCCCCCCCCCCCCCCCCCCC. The van der Waals surface area contributed by atoms with Crippen molar-refractivity contribution in [3.63, 3.8) is 0 Å². The van der Waals surface area contributed by atoms with Crippen LogP contribution in [0.15, 0.2) is 24.3 Å². The molecule has 0 radical (unpaired) electrons. The van der Waals surface area contributed by atoms with Gasteiger partial charge in [-0.1, -0.05) is 404 Å². The van der Waals surface area contributed by atoms with Crippen molar-refractivity contribution in [1.82, 2.24) is 5.32 Å². The predicted octanol–water partition coefficient (Wildman–Crippen LogP) is 26.0. The lowest BCUT2D eigenvalue weighted by molar-refractivity contribution is -0.143. The molecule has 0 spiro atoms. The Bertz CT molecular complexity index is 1350. The van der Waals surface area contributed by atoms with Crippen LogP contribution in [0.5, 0.6) is 0 Å². The summed E-state index contributed by atoms with van der Waals surface area (Å²) in [4.78, 5) is 24.7. The molecule has 0 aromatic heterocycles. The third-order valence-corrected chi connectivity index (χ3v) is 18.7. The van der Waals surface area contributed by atoms with E-state index in [2.05, 4.69) is 31.3 Å². The number of rotatable bonds is 75. The molecule has 0 aliphatic rings. The minimum atomic E-state index is -0.842. The van der Waals surface area contributed by atoms with Crippen molar-refractivity contribution in [1.29, 1.82) is 0 Å². The number of nitrogens with one attached hydrogen (secondary N) is 1. The molecule has 0 saturated heterocycles. The van der Waals surface area contributed by atoms with E-state index >= 15 is 0 Å². The lowest BCUT2D eigenvalue weighted by atomic mass is 10.0. The molecule has 1 amide bonds. The van der Waals surface area contributed by atoms with Gasteiger partial charge in [-0.3, -0.25) is 9.59 Å². The lowest BCUT2D eigenvalue weighted by Gasteiger charge is -2.20. The maximum atomic E-state index is 12.5. The monoisotopic (exact) mass is 1210 g/mol. The molecule has 0 aliphatic carbocycles. The van der Waals surface area contributed by atoms with Crippen LogP contribution in [0, 0.1) is 0 Å². The van der Waals surface area contributed by atoms with Crippen molar-refractivity contribution in [2.24, 2.45) is 0 Å². The van der Waals surface area contributed by atoms with E-state index in [1.807, 2.05) is 6.08 Å². The minimum absolute atomic E-state index is 0.0185. The molecular weight excluding hydrogens is 1050 g/mol. The van der Waals surface area contributed by atoms with E-state index in [4.69, 9.17) is 4.74 Å². The van der Waals surface area contributed by atoms with E-state index in [1.54, 1.807) is 6.08 Å². The van der Waals surface area contributed by atoms with Crippen LogP contribution in [0.2, 0.25) is 0 Å². The van der Waals surface area contributed by atoms with Crippen LogP contribution in [0.1, 0.15) is 450 Å². The molecule has 0 heterocycles. The highest BCUT2D eigenvalue weighted by Crippen LogP contribution is 2.20. The summed E-state index contributed by atoms with van der Waals surface area (Å²) >= 11 is 0. The van der Waals surface area contributed by atoms with Gasteiger partial charge in [0.25, 0.3) is 0 Å². The average Bonchev–Trinajstić information content (AvgIpc) is 3.54. The number of allylic oxidation sites excluding steroid dienone is 3. The fourth-order valence-corrected chi connectivity index (χ4v) is 12.7. The zero-order valence-electron chi connectivity index (χ0n) is 58.6. The zero-order chi connectivity index (χ0) is 62.0. The highest BCUT2D eigenvalue weighted by atomic mass is 16.5. The first-order valence-corrected chi connectivity index (χ1v) is 39.6. The Kier molecular flexibility index (Phi) is 74.3. The van der Waals surface area contributed by atoms with Crippen LogP contribution >= 0.6 is 0 Å². The second kappa shape index (κ2) is 75.8. The molecule has 0 aromatic carbocycles. The van der Waals surface area contributed by atoms with Crippen molar-refractivity contribution in [2.45, 2.75) is 463 Å². The summed E-state index contributed by atoms with van der Waals surface area (Å²) in [6.45, 7) is 4.95. The van der Waals surface area contributed by atoms with E-state index in [0.717, 1.165) is 44.9 Å². The highest BCUT2D eigenvalue weighted by Gasteiger charge is 2.18. The summed E-state index contributed by atoms with van der Waals surface area (Å²) < 4.78 is 5.51. The Morgan fingerprint density at radius 3 is 0.826 bits per heavy atom. The summed E-state index contributed by atoms with van der Waals surface area (Å²) in [6.07, 6.45) is 97.3. The van der Waals surface area contributed by atoms with Gasteiger partial charge in [-0.15, -0.1) is 0 Å². The molecular formula is C80H155NO5. The first-order chi connectivity index (χ1) is 42.5. The Balaban J connectivity index is 3.34. The number of amides is 1. The van der Waals surface area contributed by atoms with Gasteiger partial charge in [0.15, 0.2) is 0 Å². The molecule has 0 rings (SSSR count). The quantitative estimate of drug-likeness (QED) is 0.0320. The first-order valence-electron chi connectivity index (χ1n) is 39.6. The normalized spacial score (nSPS) is 12.6. The van der Waals surface area contributed by atoms with Gasteiger partial charge in [0.2, 0.25) is 5.91 Å². The average molecular weight is 1210 g/mol. The van der Waals surface area contributed by atoms with Gasteiger partial charge in [0.05, 0.1) is 25.4 Å². The maximum absolute atomic E-state index is 12.5. The molecule has 3 N–H and O–H groups in total. The molecule has 2 atom stereocenters. The van der Waals surface area contributed by atoms with E-state index < -0.39 is 12.1 Å². The molecule has 86 heavy (non-hydrogen) atoms. The third kappa shape index (κ3) is 71.4. The van der Waals surface area contributed by atoms with Gasteiger partial charge in [-0.2, -0.15) is 0 Å². The summed E-state index contributed by atoms with van der Waals surface area (Å²) in [5.74, 6) is -0.0406. The number of hydrogen-bond donors (Lipinski definition) is 3. The Hall–Kier alpha value is -1.66. The molecule has 0 fully saturated rings. The minimum Gasteiger partial charge on any atom is -0.466 e. The Morgan fingerprint density at radius 2 is 0.547 bits per heavy atom. The Morgan fingerprint density at radius 1 is 0.314 bits per heavy atom. The third-order valence-electron chi connectivity index (χ3n) is 18.7. The van der Waals surface area contributed by atoms with Gasteiger partial charge in [-0.25, -0.2) is 0 Å². The summed E-state index contributed by atoms with van der Waals surface area (Å²) in [5, 5.41) is 23.3. The van der Waals surface area contributed by atoms with E-state index in [-0.39, 0.29) is 18.5 Å². The summed E-state index contributed by atoms with van der Waals surface area (Å²) in [6, 6.07) is -0.625. The first kappa shape index (κ1) is 84.3. The predicted molar refractivity (Wildman–Crippen MR) is 380 cm³/mol. The molecule has 2 unspecified atom stereocenters. The fourth-order valence-electron chi connectivity index (χ4n) is 12.7. The zero-order valence-corrected chi connectivity index (χ0v) is 58.6. The number of carbonyl (C=O) groups is 2. The second-order valence-corrected chi connectivity index (χ2v) is 27.4. The molecule has 0 bridgehead atoms. The molecule has 510 valence electrons. The van der Waals surface area contributed by atoms with Gasteiger partial charge in [0.1, 0.15) is 0 Å². The van der Waals surface area contributed by atoms with Gasteiger partial charge in [0, 0.05) is 12.8 Å². The number of aliphatic hydroxyl groups excluding tert-OH is 2. The second-order valence-electron chi connectivity index (χ2n) is 27.4. The van der Waals surface area contributed by atoms with Crippen LogP contribution in [-0.2, 0) is 14.3 Å². The molecule has 6 nitrogen and oxygen atoms in total. The fraction of sp³-hybridized carbons (Fsp3) is 0.925. The lowest BCUT2D eigenvalue weighted by Crippen LogP contribution is -2.45. The number of aliphatic hydroxyl groups is 2. The smallest absolute Gasteiger partial charge is 0.305 e. The van der Waals surface area contributed by atoms with Crippen molar-refractivity contribution < 1.29 is 24.5 Å². The van der Waals surface area contributed by atoms with Gasteiger partial charge in [-0.05, 0) is 57.8 Å². The van der Waals surface area contributed by atoms with E-state index in [1.165, 1.54) is 379 Å². The highest BCUT2D eigenvalue weighted by molar-refractivity contribution is 5.76. The van der Waals surface area contributed by atoms with Crippen molar-refractivity contribution in [2.75, 3.05) is 13.2 Å². The van der Waals surface area contributed by atoms with Crippen LogP contribution < -0.4 is 5.32 Å². The number of carbonyl (C=O) groups excluding carboxylic acids is 2. The standard InChI is InChI=1S/C80H155NO5/c1-3-5-7-9-11-13-15-17-19-21-23-37-40-44-48-52-56-60-64-68-72-78(83)77(76-82)81-79(84)73-69-65-61-57-53-49-45-41-38-35-33-31-29-27-25-24-26-28-30-32-34-36-39-43-47-51-55-59-63-67-71-75-86-80(85)74-70-66-62-58-54-50-46-42-22-20-18-16-14-12-10-8-6-4-2/h20,22,68,72,77-78,82-83H,3-19,21,23-67,69-71,73-76H2,1-2H3,(H,81,84)/b22-20-,72-68+. The Labute approximate surface area is 539 Å². The topological polar surface area (TPSA) is 95.9 Å². The summed E-state index contributed by atoms with van der Waals surface area (Å²) in [5.41, 5.74) is 0. The van der Waals surface area contributed by atoms with Crippen molar-refractivity contribution >= 4 is 11.9 Å². The number of ether oxygens (including phenoxy) is 1. The van der Waals surface area contributed by atoms with Crippen LogP contribution in [0.3, 0.4) is 0 Å². The number of hydrogen-bond acceptors (Lipinski definition) is 5. The van der Waals surface area contributed by atoms with Gasteiger partial charge < -0.3 is 20.3 Å². The van der Waals surface area contributed by atoms with Crippen molar-refractivity contribution in [3.05, 3.63) is 24.3 Å². The molecule has 0 saturated carbocycles.